The Bertz CT molecular complexity index is 453. The molecule has 0 aromatic rings. The quantitative estimate of drug-likeness (QED) is 0.166. The van der Waals surface area contributed by atoms with E-state index in [1.165, 1.54) is 0 Å². The zero-order chi connectivity index (χ0) is 15.8. The van der Waals surface area contributed by atoms with Crippen molar-refractivity contribution in [3.63, 3.8) is 0 Å². The van der Waals surface area contributed by atoms with E-state index in [4.69, 9.17) is 19.6 Å². The molecular formula is C6H18Ca2O12P2. The molecule has 4 atom stereocenters. The Labute approximate surface area is 190 Å². The minimum absolute atomic E-state index is 0. The fourth-order valence-corrected chi connectivity index (χ4v) is 2.17. The van der Waals surface area contributed by atoms with Crippen LogP contribution in [0.5, 0.6) is 0 Å². The van der Waals surface area contributed by atoms with Gasteiger partial charge in [-0.2, -0.15) is 0 Å². The normalized spacial score (nSPS) is 32.2. The molecule has 1 rings (SSSR count). The Kier molecular flexibility index (Phi) is 12.2. The van der Waals surface area contributed by atoms with Crippen molar-refractivity contribution in [2.45, 2.75) is 24.1 Å². The molecule has 1 fully saturated rings. The SMILES string of the molecule is O=P(O)(O)OC[C@H]1O[C@](O)(COP(=O)(O)O)[C@@H](O)[C@@H]1O.[Ca+2].[Ca+2].[H-].[H-].[H-].[H-]. The Hall–Kier alpha value is 2.58. The molecule has 12 nitrogen and oxygen atoms in total. The Morgan fingerprint density at radius 1 is 1.05 bits per heavy atom. The molecule has 16 heteroatoms. The van der Waals surface area contributed by atoms with E-state index in [1.54, 1.807) is 0 Å². The van der Waals surface area contributed by atoms with E-state index in [0.717, 1.165) is 0 Å². The fraction of sp³-hybridized carbons (Fsp3) is 1.00. The van der Waals surface area contributed by atoms with Crippen LogP contribution in [0, 0.1) is 0 Å². The van der Waals surface area contributed by atoms with Crippen LogP contribution in [0.4, 0.5) is 0 Å². The van der Waals surface area contributed by atoms with Gasteiger partial charge in [0.2, 0.25) is 5.79 Å². The number of phosphoric acid groups is 2. The van der Waals surface area contributed by atoms with Crippen LogP contribution < -0.4 is 0 Å². The molecule has 0 amide bonds. The molecule has 1 heterocycles. The first-order valence-electron chi connectivity index (χ1n) is 5.00. The Balaban J connectivity index is -0.000000167. The predicted molar refractivity (Wildman–Crippen MR) is 73.8 cm³/mol. The second-order valence-electron chi connectivity index (χ2n) is 3.99. The second-order valence-corrected chi connectivity index (χ2v) is 6.47. The van der Waals surface area contributed by atoms with Crippen molar-refractivity contribution >= 4 is 91.1 Å². The third-order valence-corrected chi connectivity index (χ3v) is 3.32. The van der Waals surface area contributed by atoms with E-state index in [1.807, 2.05) is 0 Å². The molecule has 128 valence electrons. The molecule has 0 unspecified atom stereocenters. The van der Waals surface area contributed by atoms with Crippen molar-refractivity contribution < 1.29 is 63.5 Å². The monoisotopic (exact) mass is 424 g/mol. The Morgan fingerprint density at radius 3 is 1.91 bits per heavy atom. The molecule has 1 saturated heterocycles. The average Bonchev–Trinajstić information content (AvgIpc) is 2.48. The zero-order valence-corrected chi connectivity index (χ0v) is 17.3. The summed E-state index contributed by atoms with van der Waals surface area (Å²) in [5.41, 5.74) is 0. The number of hydrogen-bond acceptors (Lipinski definition) is 8. The van der Waals surface area contributed by atoms with E-state index in [0.29, 0.717) is 0 Å². The van der Waals surface area contributed by atoms with Crippen molar-refractivity contribution in [3.05, 3.63) is 0 Å². The van der Waals surface area contributed by atoms with Crippen LogP contribution >= 0.6 is 15.6 Å². The van der Waals surface area contributed by atoms with Crippen molar-refractivity contribution in [2.24, 2.45) is 0 Å². The average molecular weight is 424 g/mol. The van der Waals surface area contributed by atoms with Gasteiger partial charge in [0.1, 0.15) is 24.9 Å². The van der Waals surface area contributed by atoms with Crippen molar-refractivity contribution in [2.75, 3.05) is 13.2 Å². The molecule has 1 aliphatic rings. The van der Waals surface area contributed by atoms with Gasteiger partial charge in [-0.15, -0.1) is 0 Å². The first kappa shape index (κ1) is 26.8. The summed E-state index contributed by atoms with van der Waals surface area (Å²) in [5.74, 6) is -2.66. The van der Waals surface area contributed by atoms with Crippen LogP contribution in [0.15, 0.2) is 0 Å². The maximum atomic E-state index is 10.5. The number of aliphatic hydroxyl groups excluding tert-OH is 2. The van der Waals surface area contributed by atoms with E-state index in [9.17, 15) is 24.4 Å². The smallest absolute Gasteiger partial charge is 1.00 e. The molecule has 7 N–H and O–H groups in total. The standard InChI is InChI=1S/C6H14O12P2.2Ca.4H/c7-4-3(1-16-19(10,11)12)18-6(9,5(4)8)2-17-20(13,14)15;;;;;;/h3-5,7-9H,1-2H2,(H2,10,11,12)(H2,13,14,15);;;;;;/q;2*+2;4*-1/t3-,4-,5+,6-;;;;;;/m1....../s1. The summed E-state index contributed by atoms with van der Waals surface area (Å²) in [6.07, 6.45) is -5.38. The van der Waals surface area contributed by atoms with Gasteiger partial charge in [0, 0.05) is 0 Å². The summed E-state index contributed by atoms with van der Waals surface area (Å²) >= 11 is 0. The van der Waals surface area contributed by atoms with Crippen LogP contribution in [-0.4, -0.2) is 148 Å². The number of phosphoric ester groups is 2. The zero-order valence-electron chi connectivity index (χ0n) is 15.1. The summed E-state index contributed by atoms with van der Waals surface area (Å²) < 4.78 is 33.6. The van der Waals surface area contributed by atoms with Crippen LogP contribution in [-0.2, 0) is 22.9 Å². The second kappa shape index (κ2) is 10.1. The first-order valence-corrected chi connectivity index (χ1v) is 8.07. The van der Waals surface area contributed by atoms with E-state index in [-0.39, 0.29) is 81.2 Å². The summed E-state index contributed by atoms with van der Waals surface area (Å²) in [4.78, 5) is 33.9. The summed E-state index contributed by atoms with van der Waals surface area (Å²) in [6, 6.07) is 0. The van der Waals surface area contributed by atoms with E-state index in [2.05, 4.69) is 13.8 Å². The van der Waals surface area contributed by atoms with Crippen molar-refractivity contribution in [1.82, 2.24) is 0 Å². The number of aliphatic hydroxyl groups is 3. The first-order chi connectivity index (χ1) is 8.84. The summed E-state index contributed by atoms with van der Waals surface area (Å²) in [7, 11) is -9.82. The molecule has 1 aliphatic heterocycles. The van der Waals surface area contributed by atoms with Crippen LogP contribution in [0.3, 0.4) is 0 Å². The molecular weight excluding hydrogens is 406 g/mol. The largest absolute Gasteiger partial charge is 2.00 e. The molecule has 0 radical (unpaired) electrons. The van der Waals surface area contributed by atoms with E-state index < -0.39 is 53.0 Å². The predicted octanol–water partition coefficient (Wildman–Crippen LogP) is -3.30. The molecule has 0 bridgehead atoms. The number of hydrogen-bond donors (Lipinski definition) is 7. The van der Waals surface area contributed by atoms with Crippen molar-refractivity contribution in [1.29, 1.82) is 0 Å². The third-order valence-electron chi connectivity index (χ3n) is 2.37. The number of rotatable bonds is 6. The van der Waals surface area contributed by atoms with Gasteiger partial charge in [-0.25, -0.2) is 9.13 Å². The van der Waals surface area contributed by atoms with Gasteiger partial charge in [0.25, 0.3) is 0 Å². The van der Waals surface area contributed by atoms with Crippen LogP contribution in [0.1, 0.15) is 5.71 Å². The molecule has 0 aromatic heterocycles. The fourth-order valence-electron chi connectivity index (χ4n) is 1.47. The topological polar surface area (TPSA) is 203 Å². The van der Waals surface area contributed by atoms with Gasteiger partial charge in [0.15, 0.2) is 0 Å². The third kappa shape index (κ3) is 8.79. The Morgan fingerprint density at radius 2 is 1.50 bits per heavy atom. The molecule has 0 spiro atoms. The van der Waals surface area contributed by atoms with Crippen molar-refractivity contribution in [3.8, 4) is 0 Å². The minimum Gasteiger partial charge on any atom is -1.00 e. The van der Waals surface area contributed by atoms with Gasteiger partial charge in [-0.1, -0.05) is 0 Å². The number of ether oxygens (including phenoxy) is 1. The van der Waals surface area contributed by atoms with E-state index >= 15 is 0 Å². The van der Waals surface area contributed by atoms with Crippen LogP contribution in [0.2, 0.25) is 0 Å². The molecule has 0 aromatic carbocycles. The maximum absolute atomic E-state index is 10.5. The van der Waals surface area contributed by atoms with Gasteiger partial charge in [0.05, 0.1) is 6.61 Å². The summed E-state index contributed by atoms with van der Waals surface area (Å²) in [5, 5.41) is 28.8. The van der Waals surface area contributed by atoms with Gasteiger partial charge < -0.3 is 45.3 Å². The molecule has 0 saturated carbocycles. The summed E-state index contributed by atoms with van der Waals surface area (Å²) in [6.45, 7) is -2.05. The van der Waals surface area contributed by atoms with Gasteiger partial charge in [-0.3, -0.25) is 9.05 Å². The molecule has 0 aliphatic carbocycles. The van der Waals surface area contributed by atoms with Gasteiger partial charge in [-0.05, 0) is 0 Å². The minimum atomic E-state index is -4.96. The van der Waals surface area contributed by atoms with Gasteiger partial charge >= 0.3 is 91.1 Å². The van der Waals surface area contributed by atoms with Crippen LogP contribution in [0.25, 0.3) is 0 Å². The maximum Gasteiger partial charge on any atom is 2.00 e. The molecule has 22 heavy (non-hydrogen) atoms.